The molecule has 1 aromatic carbocycles. The van der Waals surface area contributed by atoms with Crippen LogP contribution in [0.3, 0.4) is 0 Å². The highest BCUT2D eigenvalue weighted by molar-refractivity contribution is 5.83. The molecule has 1 aliphatic rings. The van der Waals surface area contributed by atoms with Gasteiger partial charge in [0, 0.05) is 55.0 Å². The Bertz CT molecular complexity index is 741. The van der Waals surface area contributed by atoms with Crippen molar-refractivity contribution in [1.29, 1.82) is 0 Å². The number of nitrogens with zero attached hydrogens (tertiary/aromatic N) is 3. The Morgan fingerprint density at radius 3 is 3.05 bits per heavy atom. The number of aryl methyl sites for hydroxylation is 1. The number of benzene rings is 1. The van der Waals surface area contributed by atoms with E-state index in [2.05, 4.69) is 63.2 Å². The minimum Gasteiger partial charge on any atom is -0.350 e. The maximum Gasteiger partial charge on any atom is 0.0490 e. The third-order valence-corrected chi connectivity index (χ3v) is 4.61. The summed E-state index contributed by atoms with van der Waals surface area (Å²) in [6.45, 7) is 3.31. The molecular formula is C17H20N4. The number of nitrogens with one attached hydrogen (secondary N) is 1. The summed E-state index contributed by atoms with van der Waals surface area (Å²) in [6.07, 6.45) is 5.34. The zero-order valence-electron chi connectivity index (χ0n) is 12.3. The third kappa shape index (κ3) is 2.25. The first-order valence-electron chi connectivity index (χ1n) is 7.56. The molecule has 3 aromatic rings. The zero-order valence-corrected chi connectivity index (χ0v) is 12.3. The SMILES string of the molecule is Cn1cc(CN2CC[C@@H](c3ccn[nH]3)C2)c2ccccc21. The third-order valence-electron chi connectivity index (χ3n) is 4.61. The molecular weight excluding hydrogens is 260 g/mol. The molecule has 21 heavy (non-hydrogen) atoms. The summed E-state index contributed by atoms with van der Waals surface area (Å²) in [5, 5.41) is 8.57. The predicted octanol–water partition coefficient (Wildman–Crippen LogP) is 2.89. The number of H-pyrrole nitrogens is 1. The van der Waals surface area contributed by atoms with E-state index in [1.165, 1.54) is 28.6 Å². The van der Waals surface area contributed by atoms with Crippen LogP contribution in [-0.4, -0.2) is 32.8 Å². The molecule has 4 heteroatoms. The van der Waals surface area contributed by atoms with E-state index in [-0.39, 0.29) is 0 Å². The van der Waals surface area contributed by atoms with Crippen LogP contribution in [0.5, 0.6) is 0 Å². The first-order valence-corrected chi connectivity index (χ1v) is 7.56. The maximum absolute atomic E-state index is 4.07. The molecule has 2 aromatic heterocycles. The van der Waals surface area contributed by atoms with Gasteiger partial charge in [0.15, 0.2) is 0 Å². The number of aromatic amines is 1. The standard InChI is InChI=1S/C17H20N4/c1-20-10-14(15-4-2-3-5-17(15)20)12-21-9-7-13(11-21)16-6-8-18-19-16/h2-6,8,10,13H,7,9,11-12H2,1H3,(H,18,19)/t13-/m1/s1. The lowest BCUT2D eigenvalue weighted by Gasteiger charge is -2.15. The Labute approximate surface area is 124 Å². The van der Waals surface area contributed by atoms with Crippen molar-refractivity contribution in [3.05, 3.63) is 54.0 Å². The summed E-state index contributed by atoms with van der Waals surface area (Å²) >= 11 is 0. The first kappa shape index (κ1) is 12.7. The van der Waals surface area contributed by atoms with Crippen LogP contribution < -0.4 is 0 Å². The van der Waals surface area contributed by atoms with E-state index in [0.29, 0.717) is 5.92 Å². The van der Waals surface area contributed by atoms with Crippen LogP contribution in [0.25, 0.3) is 10.9 Å². The lowest BCUT2D eigenvalue weighted by Crippen LogP contribution is -2.19. The molecule has 4 rings (SSSR count). The molecule has 0 bridgehead atoms. The molecule has 3 heterocycles. The topological polar surface area (TPSA) is 36.9 Å². The van der Waals surface area contributed by atoms with Gasteiger partial charge in [0.1, 0.15) is 0 Å². The predicted molar refractivity (Wildman–Crippen MR) is 84.1 cm³/mol. The molecule has 0 saturated carbocycles. The summed E-state index contributed by atoms with van der Waals surface area (Å²) in [4.78, 5) is 2.55. The number of rotatable bonds is 3. The number of likely N-dealkylation sites (tertiary alicyclic amines) is 1. The van der Waals surface area contributed by atoms with Crippen molar-refractivity contribution in [3.8, 4) is 0 Å². The van der Waals surface area contributed by atoms with Gasteiger partial charge in [-0.15, -0.1) is 0 Å². The molecule has 1 atom stereocenters. The second-order valence-electron chi connectivity index (χ2n) is 6.02. The minimum absolute atomic E-state index is 0.600. The van der Waals surface area contributed by atoms with Crippen LogP contribution in [0.15, 0.2) is 42.7 Å². The van der Waals surface area contributed by atoms with Crippen molar-refractivity contribution in [2.24, 2.45) is 7.05 Å². The van der Waals surface area contributed by atoms with Crippen LogP contribution in [0.2, 0.25) is 0 Å². The van der Waals surface area contributed by atoms with Crippen molar-refractivity contribution < 1.29 is 0 Å². The highest BCUT2D eigenvalue weighted by atomic mass is 15.2. The van der Waals surface area contributed by atoms with E-state index in [1.54, 1.807) is 0 Å². The molecule has 108 valence electrons. The molecule has 0 radical (unpaired) electrons. The lowest BCUT2D eigenvalue weighted by molar-refractivity contribution is 0.327. The van der Waals surface area contributed by atoms with Crippen LogP contribution in [0.1, 0.15) is 23.6 Å². The molecule has 0 spiro atoms. The Morgan fingerprint density at radius 2 is 2.19 bits per heavy atom. The minimum atomic E-state index is 0.600. The molecule has 1 N–H and O–H groups in total. The molecule has 0 amide bonds. The van der Waals surface area contributed by atoms with Crippen molar-refractivity contribution in [2.45, 2.75) is 18.9 Å². The van der Waals surface area contributed by atoms with Gasteiger partial charge >= 0.3 is 0 Å². The molecule has 1 saturated heterocycles. The van der Waals surface area contributed by atoms with E-state index in [4.69, 9.17) is 0 Å². The van der Waals surface area contributed by atoms with Gasteiger partial charge in [-0.25, -0.2) is 0 Å². The number of para-hydroxylation sites is 1. The highest BCUT2D eigenvalue weighted by Gasteiger charge is 2.25. The Kier molecular flexibility index (Phi) is 3.04. The van der Waals surface area contributed by atoms with E-state index in [9.17, 15) is 0 Å². The first-order chi connectivity index (χ1) is 10.3. The normalized spacial score (nSPS) is 19.6. The van der Waals surface area contributed by atoms with Gasteiger partial charge in [-0.1, -0.05) is 18.2 Å². The van der Waals surface area contributed by atoms with Gasteiger partial charge in [-0.3, -0.25) is 10.00 Å². The molecule has 1 fully saturated rings. The van der Waals surface area contributed by atoms with E-state index < -0.39 is 0 Å². The van der Waals surface area contributed by atoms with Gasteiger partial charge < -0.3 is 4.57 Å². The molecule has 4 nitrogen and oxygen atoms in total. The second-order valence-corrected chi connectivity index (χ2v) is 6.02. The Balaban J connectivity index is 1.54. The number of aromatic nitrogens is 3. The quantitative estimate of drug-likeness (QED) is 0.801. The lowest BCUT2D eigenvalue weighted by atomic mass is 10.1. The Hall–Kier alpha value is -2.07. The van der Waals surface area contributed by atoms with Crippen molar-refractivity contribution in [3.63, 3.8) is 0 Å². The fraction of sp³-hybridized carbons (Fsp3) is 0.353. The summed E-state index contributed by atoms with van der Waals surface area (Å²) < 4.78 is 2.23. The monoisotopic (exact) mass is 280 g/mol. The van der Waals surface area contributed by atoms with Gasteiger partial charge in [-0.2, -0.15) is 5.10 Å². The number of hydrogen-bond donors (Lipinski definition) is 1. The average molecular weight is 280 g/mol. The van der Waals surface area contributed by atoms with Crippen LogP contribution in [0, 0.1) is 0 Å². The van der Waals surface area contributed by atoms with Crippen molar-refractivity contribution in [1.82, 2.24) is 19.7 Å². The van der Waals surface area contributed by atoms with Gasteiger partial charge in [0.25, 0.3) is 0 Å². The largest absolute Gasteiger partial charge is 0.350 e. The highest BCUT2D eigenvalue weighted by Crippen LogP contribution is 2.28. The second kappa shape index (κ2) is 5.04. The van der Waals surface area contributed by atoms with Gasteiger partial charge in [0.2, 0.25) is 0 Å². The summed E-state index contributed by atoms with van der Waals surface area (Å²) in [7, 11) is 2.13. The summed E-state index contributed by atoms with van der Waals surface area (Å²) in [5.74, 6) is 0.600. The van der Waals surface area contributed by atoms with Crippen molar-refractivity contribution in [2.75, 3.05) is 13.1 Å². The van der Waals surface area contributed by atoms with Crippen LogP contribution in [-0.2, 0) is 13.6 Å². The van der Waals surface area contributed by atoms with Crippen molar-refractivity contribution >= 4 is 10.9 Å². The van der Waals surface area contributed by atoms with Gasteiger partial charge in [-0.05, 0) is 30.7 Å². The number of hydrogen-bond acceptors (Lipinski definition) is 2. The van der Waals surface area contributed by atoms with Crippen LogP contribution >= 0.6 is 0 Å². The molecule has 0 aliphatic carbocycles. The maximum atomic E-state index is 4.07. The fourth-order valence-electron chi connectivity index (χ4n) is 3.52. The average Bonchev–Trinajstić information content (AvgIpc) is 3.21. The van der Waals surface area contributed by atoms with E-state index >= 15 is 0 Å². The summed E-state index contributed by atoms with van der Waals surface area (Å²) in [6, 6.07) is 10.8. The molecule has 1 aliphatic heterocycles. The summed E-state index contributed by atoms with van der Waals surface area (Å²) in [5.41, 5.74) is 4.02. The van der Waals surface area contributed by atoms with Gasteiger partial charge in [0.05, 0.1) is 0 Å². The van der Waals surface area contributed by atoms with Crippen LogP contribution in [0.4, 0.5) is 0 Å². The smallest absolute Gasteiger partial charge is 0.0490 e. The molecule has 0 unspecified atom stereocenters. The Morgan fingerprint density at radius 1 is 1.29 bits per heavy atom. The number of fused-ring (bicyclic) bond motifs is 1. The van der Waals surface area contributed by atoms with E-state index in [0.717, 1.165) is 19.6 Å². The zero-order chi connectivity index (χ0) is 14.2. The fourth-order valence-corrected chi connectivity index (χ4v) is 3.52. The van der Waals surface area contributed by atoms with E-state index in [1.807, 2.05) is 6.20 Å².